The van der Waals surface area contributed by atoms with Crippen molar-refractivity contribution in [2.75, 3.05) is 17.1 Å². The van der Waals surface area contributed by atoms with Crippen LogP contribution < -0.4 is 9.86 Å². The molecule has 0 saturated heterocycles. The lowest BCUT2D eigenvalue weighted by Gasteiger charge is -2.11. The number of nitrogens with two attached hydrogens (primary N) is 1. The van der Waals surface area contributed by atoms with Crippen molar-refractivity contribution in [3.05, 3.63) is 59.7 Å². The van der Waals surface area contributed by atoms with E-state index in [1.807, 2.05) is 30.3 Å². The lowest BCUT2D eigenvalue weighted by molar-refractivity contribution is 0.122. The molecule has 0 unspecified atom stereocenters. The normalized spacial score (nSPS) is 12.1. The van der Waals surface area contributed by atoms with Crippen LogP contribution in [0.2, 0.25) is 0 Å². The Balaban J connectivity index is 1.92. The fraction of sp³-hybridized carbons (Fsp3) is 0.250. The Kier molecular flexibility index (Phi) is 6.87. The van der Waals surface area contributed by atoms with Crippen molar-refractivity contribution in [1.29, 1.82) is 0 Å². The predicted molar refractivity (Wildman–Crippen MR) is 95.9 cm³/mol. The second-order valence-electron chi connectivity index (χ2n) is 5.62. The SMILES string of the molecule is NS(=O)(=O)c1cc(F)c(NS(=O)(=O)CCCOCc2ccccc2)c(F)c1. The molecule has 27 heavy (non-hydrogen) atoms. The number of sulfonamides is 2. The molecule has 0 amide bonds. The Morgan fingerprint density at radius 2 is 1.59 bits per heavy atom. The second-order valence-corrected chi connectivity index (χ2v) is 9.02. The summed E-state index contributed by atoms with van der Waals surface area (Å²) in [5.74, 6) is -3.21. The van der Waals surface area contributed by atoms with Gasteiger partial charge in [0.05, 0.1) is 17.3 Å². The lowest BCUT2D eigenvalue weighted by Crippen LogP contribution is -2.20. The minimum atomic E-state index is -4.33. The smallest absolute Gasteiger partial charge is 0.238 e. The van der Waals surface area contributed by atoms with Crippen molar-refractivity contribution < 1.29 is 30.4 Å². The van der Waals surface area contributed by atoms with E-state index in [0.717, 1.165) is 5.56 Å². The highest BCUT2D eigenvalue weighted by molar-refractivity contribution is 7.92. The molecule has 11 heteroatoms. The van der Waals surface area contributed by atoms with E-state index in [2.05, 4.69) is 0 Å². The molecule has 3 N–H and O–H groups in total. The highest BCUT2D eigenvalue weighted by Crippen LogP contribution is 2.24. The van der Waals surface area contributed by atoms with Crippen LogP contribution in [-0.4, -0.2) is 29.2 Å². The summed E-state index contributed by atoms with van der Waals surface area (Å²) in [6.07, 6.45) is 0.0979. The number of primary sulfonamides is 1. The number of anilines is 1. The third kappa shape index (κ3) is 6.54. The quantitative estimate of drug-likeness (QED) is 0.602. The standard InChI is InChI=1S/C16H18F2N2O5S2/c17-14-9-13(27(19,23)24)10-15(18)16(14)20-26(21,22)8-4-7-25-11-12-5-2-1-3-6-12/h1-3,5-6,9-10,20H,4,7-8,11H2,(H2,19,23,24). The first-order chi connectivity index (χ1) is 12.6. The number of hydrogen-bond donors (Lipinski definition) is 2. The second kappa shape index (κ2) is 8.74. The Morgan fingerprint density at radius 3 is 2.15 bits per heavy atom. The van der Waals surface area contributed by atoms with Gasteiger partial charge in [-0.05, 0) is 24.1 Å². The monoisotopic (exact) mass is 420 g/mol. The molecule has 7 nitrogen and oxygen atoms in total. The first kappa shape index (κ1) is 21.2. The Labute approximate surface area is 156 Å². The minimum absolute atomic E-state index is 0.0979. The van der Waals surface area contributed by atoms with Crippen molar-refractivity contribution in [3.8, 4) is 0 Å². The molecular formula is C16H18F2N2O5S2. The molecule has 2 aromatic carbocycles. The maximum absolute atomic E-state index is 13.9. The highest BCUT2D eigenvalue weighted by Gasteiger charge is 2.20. The topological polar surface area (TPSA) is 116 Å². The van der Waals surface area contributed by atoms with Crippen LogP contribution in [0.4, 0.5) is 14.5 Å². The van der Waals surface area contributed by atoms with Gasteiger partial charge in [0.25, 0.3) is 0 Å². The van der Waals surface area contributed by atoms with Gasteiger partial charge in [0, 0.05) is 6.61 Å². The van der Waals surface area contributed by atoms with Gasteiger partial charge in [0.15, 0.2) is 11.6 Å². The zero-order chi connectivity index (χ0) is 20.1. The van der Waals surface area contributed by atoms with E-state index in [1.54, 1.807) is 4.72 Å². The fourth-order valence-electron chi connectivity index (χ4n) is 2.13. The summed E-state index contributed by atoms with van der Waals surface area (Å²) < 4.78 is 81.1. The van der Waals surface area contributed by atoms with Gasteiger partial charge in [-0.15, -0.1) is 0 Å². The molecule has 0 radical (unpaired) electrons. The summed E-state index contributed by atoms with van der Waals surface area (Å²) in [6.45, 7) is 0.442. The fourth-order valence-corrected chi connectivity index (χ4v) is 3.77. The van der Waals surface area contributed by atoms with E-state index < -0.39 is 48.0 Å². The van der Waals surface area contributed by atoms with Crippen LogP contribution >= 0.6 is 0 Å². The van der Waals surface area contributed by atoms with Crippen molar-refractivity contribution in [2.24, 2.45) is 5.14 Å². The number of hydrogen-bond acceptors (Lipinski definition) is 5. The number of ether oxygens (including phenoxy) is 1. The van der Waals surface area contributed by atoms with Crippen LogP contribution in [0.1, 0.15) is 12.0 Å². The van der Waals surface area contributed by atoms with Crippen molar-refractivity contribution in [3.63, 3.8) is 0 Å². The first-order valence-corrected chi connectivity index (χ1v) is 10.9. The molecule has 148 valence electrons. The maximum atomic E-state index is 13.9. The van der Waals surface area contributed by atoms with E-state index in [4.69, 9.17) is 9.88 Å². The van der Waals surface area contributed by atoms with E-state index in [-0.39, 0.29) is 13.0 Å². The van der Waals surface area contributed by atoms with Gasteiger partial charge >= 0.3 is 0 Å². The maximum Gasteiger partial charge on any atom is 0.238 e. The van der Waals surface area contributed by atoms with Crippen LogP contribution in [0.25, 0.3) is 0 Å². The largest absolute Gasteiger partial charge is 0.377 e. The summed E-state index contributed by atoms with van der Waals surface area (Å²) in [6, 6.07) is 10.1. The van der Waals surface area contributed by atoms with Gasteiger partial charge in [-0.3, -0.25) is 4.72 Å². The average Bonchev–Trinajstić information content (AvgIpc) is 2.57. The molecule has 0 spiro atoms. The predicted octanol–water partition coefficient (Wildman–Crippen LogP) is 1.96. The summed E-state index contributed by atoms with van der Waals surface area (Å²) in [5, 5.41) is 4.79. The van der Waals surface area contributed by atoms with E-state index in [1.165, 1.54) is 0 Å². The summed E-state index contributed by atoms with van der Waals surface area (Å²) in [4.78, 5) is -0.797. The highest BCUT2D eigenvalue weighted by atomic mass is 32.2. The lowest BCUT2D eigenvalue weighted by atomic mass is 10.2. The van der Waals surface area contributed by atoms with Crippen molar-refractivity contribution in [1.82, 2.24) is 0 Å². The summed E-state index contributed by atoms with van der Waals surface area (Å²) in [7, 11) is -8.39. The first-order valence-electron chi connectivity index (χ1n) is 7.72. The summed E-state index contributed by atoms with van der Waals surface area (Å²) in [5.41, 5.74) is -0.0369. The molecule has 0 heterocycles. The summed E-state index contributed by atoms with van der Waals surface area (Å²) >= 11 is 0. The van der Waals surface area contributed by atoms with Gasteiger partial charge in [0.1, 0.15) is 5.69 Å². The van der Waals surface area contributed by atoms with Crippen LogP contribution in [-0.2, 0) is 31.4 Å². The van der Waals surface area contributed by atoms with Crippen LogP contribution in [0.5, 0.6) is 0 Å². The van der Waals surface area contributed by atoms with Gasteiger partial charge in [0.2, 0.25) is 20.0 Å². The molecule has 0 bridgehead atoms. The van der Waals surface area contributed by atoms with Crippen LogP contribution in [0, 0.1) is 11.6 Å². The molecule has 0 atom stereocenters. The van der Waals surface area contributed by atoms with Gasteiger partial charge in [-0.25, -0.2) is 30.8 Å². The Morgan fingerprint density at radius 1 is 1.00 bits per heavy atom. The Hall–Kier alpha value is -2.08. The van der Waals surface area contributed by atoms with Crippen LogP contribution in [0.15, 0.2) is 47.4 Å². The van der Waals surface area contributed by atoms with Crippen LogP contribution in [0.3, 0.4) is 0 Å². The Bertz CT molecular complexity index is 974. The average molecular weight is 420 g/mol. The van der Waals surface area contributed by atoms with Gasteiger partial charge in [-0.2, -0.15) is 0 Å². The molecule has 0 aliphatic heterocycles. The van der Waals surface area contributed by atoms with Crippen molar-refractivity contribution in [2.45, 2.75) is 17.9 Å². The van der Waals surface area contributed by atoms with Gasteiger partial charge < -0.3 is 4.74 Å². The molecule has 2 aromatic rings. The molecule has 0 fully saturated rings. The zero-order valence-corrected chi connectivity index (χ0v) is 15.7. The minimum Gasteiger partial charge on any atom is -0.377 e. The molecule has 0 aromatic heterocycles. The van der Waals surface area contributed by atoms with Gasteiger partial charge in [-0.1, -0.05) is 30.3 Å². The molecule has 0 saturated carbocycles. The van der Waals surface area contributed by atoms with E-state index in [0.29, 0.717) is 18.7 Å². The molecular weight excluding hydrogens is 402 g/mol. The number of benzene rings is 2. The number of halogens is 2. The molecule has 0 aliphatic carbocycles. The van der Waals surface area contributed by atoms with E-state index >= 15 is 0 Å². The third-order valence-electron chi connectivity index (χ3n) is 3.42. The number of nitrogens with one attached hydrogen (secondary N) is 1. The zero-order valence-electron chi connectivity index (χ0n) is 14.1. The third-order valence-corrected chi connectivity index (χ3v) is 5.65. The van der Waals surface area contributed by atoms with E-state index in [9.17, 15) is 25.6 Å². The molecule has 2 rings (SSSR count). The molecule has 0 aliphatic rings. The number of rotatable bonds is 9. The van der Waals surface area contributed by atoms with Crippen molar-refractivity contribution >= 4 is 25.7 Å².